The summed E-state index contributed by atoms with van der Waals surface area (Å²) in [5.41, 5.74) is 1.56. The Morgan fingerprint density at radius 2 is 1.90 bits per heavy atom. The van der Waals surface area contributed by atoms with Crippen LogP contribution in [0.4, 0.5) is 5.69 Å². The highest BCUT2D eigenvalue weighted by Crippen LogP contribution is 2.67. The largest absolute Gasteiger partial charge is 0.312 e. The maximum atomic E-state index is 10.8. The lowest BCUT2D eigenvalue weighted by molar-refractivity contribution is -0.384. The van der Waals surface area contributed by atoms with Crippen LogP contribution in [0.3, 0.4) is 0 Å². The van der Waals surface area contributed by atoms with E-state index in [-0.39, 0.29) is 10.7 Å². The molecule has 0 radical (unpaired) electrons. The number of nitro benzene ring substituents is 1. The molecule has 110 valence electrons. The van der Waals surface area contributed by atoms with Crippen LogP contribution < -0.4 is 5.32 Å². The third-order valence-electron chi connectivity index (χ3n) is 5.20. The van der Waals surface area contributed by atoms with E-state index in [1.54, 1.807) is 12.1 Å². The second kappa shape index (κ2) is 5.01. The topological polar surface area (TPSA) is 55.2 Å². The Morgan fingerprint density at radius 1 is 1.30 bits per heavy atom. The van der Waals surface area contributed by atoms with E-state index >= 15 is 0 Å². The van der Waals surface area contributed by atoms with Crippen molar-refractivity contribution in [3.63, 3.8) is 0 Å². The monoisotopic (exact) mass is 296 g/mol. The second-order valence-corrected chi connectivity index (χ2v) is 7.08. The summed E-state index contributed by atoms with van der Waals surface area (Å²) in [5, 5.41) is 14.4. The minimum Gasteiger partial charge on any atom is -0.312 e. The zero-order chi connectivity index (χ0) is 15.1. The molecule has 1 aliphatic rings. The lowest BCUT2D eigenvalue weighted by Gasteiger charge is -2.06. The van der Waals surface area contributed by atoms with Gasteiger partial charge >= 0.3 is 0 Å². The van der Waals surface area contributed by atoms with E-state index in [0.29, 0.717) is 23.3 Å². The third-order valence-corrected chi connectivity index (χ3v) is 5.52. The van der Waals surface area contributed by atoms with Crippen molar-refractivity contribution in [2.45, 2.75) is 34.2 Å². The molecule has 4 nitrogen and oxygen atoms in total. The van der Waals surface area contributed by atoms with Gasteiger partial charge < -0.3 is 5.32 Å². The first-order valence-corrected chi connectivity index (χ1v) is 7.19. The van der Waals surface area contributed by atoms with Crippen LogP contribution in [-0.2, 0) is 6.54 Å². The van der Waals surface area contributed by atoms with Crippen molar-refractivity contribution in [2.75, 3.05) is 6.54 Å². The highest BCUT2D eigenvalue weighted by Gasteiger charge is 2.63. The fourth-order valence-corrected chi connectivity index (χ4v) is 3.20. The van der Waals surface area contributed by atoms with Crippen LogP contribution in [-0.4, -0.2) is 11.5 Å². The first-order chi connectivity index (χ1) is 9.18. The van der Waals surface area contributed by atoms with Gasteiger partial charge in [0.25, 0.3) is 5.69 Å². The molecule has 0 bridgehead atoms. The number of nitrogens with zero attached hydrogens (tertiary/aromatic N) is 1. The molecule has 1 fully saturated rings. The van der Waals surface area contributed by atoms with Crippen LogP contribution in [0.25, 0.3) is 0 Å². The summed E-state index contributed by atoms with van der Waals surface area (Å²) < 4.78 is 0. The van der Waals surface area contributed by atoms with Crippen LogP contribution >= 0.6 is 11.6 Å². The molecule has 0 heterocycles. The molecule has 1 N–H and O–H groups in total. The number of nitrogens with one attached hydrogen (secondary N) is 1. The lowest BCUT2D eigenvalue weighted by Crippen LogP contribution is -2.18. The summed E-state index contributed by atoms with van der Waals surface area (Å²) >= 11 is 5.80. The lowest BCUT2D eigenvalue weighted by atomic mass is 10.0. The van der Waals surface area contributed by atoms with Crippen LogP contribution in [0, 0.1) is 26.9 Å². The van der Waals surface area contributed by atoms with Gasteiger partial charge in [0.2, 0.25) is 0 Å². The summed E-state index contributed by atoms with van der Waals surface area (Å²) in [5.74, 6) is 0.636. The van der Waals surface area contributed by atoms with Gasteiger partial charge in [-0.15, -0.1) is 0 Å². The van der Waals surface area contributed by atoms with Crippen molar-refractivity contribution in [1.29, 1.82) is 0 Å². The standard InChI is InChI=1S/C15H21ClN2O2/c1-14(2)13(15(14,3)4)9-17-8-10-5-6-11(16)12(7-10)18(19)20/h5-7,13,17H,8-9H2,1-4H3. The van der Waals surface area contributed by atoms with Gasteiger partial charge in [-0.25, -0.2) is 0 Å². The number of rotatable bonds is 5. The maximum absolute atomic E-state index is 10.8. The molecule has 1 aliphatic carbocycles. The van der Waals surface area contributed by atoms with Gasteiger partial charge in [-0.1, -0.05) is 45.4 Å². The van der Waals surface area contributed by atoms with Crippen molar-refractivity contribution < 1.29 is 4.92 Å². The van der Waals surface area contributed by atoms with Crippen LogP contribution in [0.1, 0.15) is 33.3 Å². The van der Waals surface area contributed by atoms with Gasteiger partial charge in [0.05, 0.1) is 4.92 Å². The molecule has 0 saturated heterocycles. The van der Waals surface area contributed by atoms with Gasteiger partial charge in [-0.2, -0.15) is 0 Å². The van der Waals surface area contributed by atoms with E-state index in [4.69, 9.17) is 11.6 Å². The van der Waals surface area contributed by atoms with Gasteiger partial charge in [-0.05, 0) is 34.9 Å². The van der Waals surface area contributed by atoms with Crippen molar-refractivity contribution in [3.8, 4) is 0 Å². The molecular formula is C15H21ClN2O2. The van der Waals surface area contributed by atoms with E-state index in [1.807, 2.05) is 6.07 Å². The van der Waals surface area contributed by atoms with E-state index in [1.165, 1.54) is 0 Å². The van der Waals surface area contributed by atoms with Gasteiger partial charge in [0.1, 0.15) is 5.02 Å². The fourth-order valence-electron chi connectivity index (χ4n) is 3.01. The molecule has 0 amide bonds. The van der Waals surface area contributed by atoms with Gasteiger partial charge in [-0.3, -0.25) is 10.1 Å². The van der Waals surface area contributed by atoms with E-state index in [9.17, 15) is 10.1 Å². The Morgan fingerprint density at radius 3 is 2.40 bits per heavy atom. The number of benzene rings is 1. The Balaban J connectivity index is 1.93. The quantitative estimate of drug-likeness (QED) is 0.659. The molecule has 20 heavy (non-hydrogen) atoms. The van der Waals surface area contributed by atoms with Crippen LogP contribution in [0.5, 0.6) is 0 Å². The number of hydrogen-bond acceptors (Lipinski definition) is 3. The SMILES string of the molecule is CC1(C)C(CNCc2ccc(Cl)c([N+](=O)[O-])c2)C1(C)C. The van der Waals surface area contributed by atoms with Crippen LogP contribution in [0.15, 0.2) is 18.2 Å². The molecule has 5 heteroatoms. The summed E-state index contributed by atoms with van der Waals surface area (Å²) in [4.78, 5) is 10.4. The number of halogens is 1. The van der Waals surface area contributed by atoms with Crippen molar-refractivity contribution in [3.05, 3.63) is 38.9 Å². The summed E-state index contributed by atoms with van der Waals surface area (Å²) in [6, 6.07) is 4.95. The highest BCUT2D eigenvalue weighted by atomic mass is 35.5. The first-order valence-electron chi connectivity index (χ1n) is 6.81. The van der Waals surface area contributed by atoms with Gasteiger partial charge in [0, 0.05) is 12.6 Å². The Labute approximate surface area is 124 Å². The first kappa shape index (κ1) is 15.3. The molecule has 1 saturated carbocycles. The van der Waals surface area contributed by atoms with Crippen molar-refractivity contribution in [2.24, 2.45) is 16.7 Å². The third kappa shape index (κ3) is 2.54. The predicted molar refractivity (Wildman–Crippen MR) is 80.9 cm³/mol. The van der Waals surface area contributed by atoms with Crippen molar-refractivity contribution >= 4 is 17.3 Å². The smallest absolute Gasteiger partial charge is 0.288 e. The molecular weight excluding hydrogens is 276 g/mol. The zero-order valence-corrected chi connectivity index (χ0v) is 13.1. The molecule has 0 unspecified atom stereocenters. The van der Waals surface area contributed by atoms with Gasteiger partial charge in [0.15, 0.2) is 0 Å². The molecule has 1 aromatic rings. The number of hydrogen-bond donors (Lipinski definition) is 1. The summed E-state index contributed by atoms with van der Waals surface area (Å²) in [6.07, 6.45) is 0. The predicted octanol–water partition coefficient (Wildman–Crippen LogP) is 4.02. The Kier molecular flexibility index (Phi) is 3.82. The Bertz CT molecular complexity index is 527. The van der Waals surface area contributed by atoms with Crippen LogP contribution in [0.2, 0.25) is 5.02 Å². The molecule has 0 atom stereocenters. The summed E-state index contributed by atoms with van der Waals surface area (Å²) in [7, 11) is 0. The zero-order valence-electron chi connectivity index (χ0n) is 12.4. The molecule has 0 aromatic heterocycles. The maximum Gasteiger partial charge on any atom is 0.288 e. The average Bonchev–Trinajstić information content (AvgIpc) is 2.73. The molecule has 0 aliphatic heterocycles. The fraction of sp³-hybridized carbons (Fsp3) is 0.600. The normalized spacial score (nSPS) is 19.9. The van der Waals surface area contributed by atoms with E-state index in [0.717, 1.165) is 12.1 Å². The second-order valence-electron chi connectivity index (χ2n) is 6.67. The Hall–Kier alpha value is -1.13. The number of nitro groups is 1. The minimum atomic E-state index is -0.445. The van der Waals surface area contributed by atoms with E-state index < -0.39 is 4.92 Å². The molecule has 1 aromatic carbocycles. The van der Waals surface area contributed by atoms with E-state index in [2.05, 4.69) is 33.0 Å². The minimum absolute atomic E-state index is 0.0296. The average molecular weight is 297 g/mol. The summed E-state index contributed by atoms with van der Waals surface area (Å²) in [6.45, 7) is 10.7. The molecule has 2 rings (SSSR count). The highest BCUT2D eigenvalue weighted by molar-refractivity contribution is 6.32. The van der Waals surface area contributed by atoms with Crippen molar-refractivity contribution in [1.82, 2.24) is 5.32 Å². The molecule has 0 spiro atoms.